The van der Waals surface area contributed by atoms with E-state index in [9.17, 15) is 18.4 Å². The number of carboxylic acid groups (broad SMARTS) is 1. The predicted molar refractivity (Wildman–Crippen MR) is 59.7 cm³/mol. The van der Waals surface area contributed by atoms with E-state index in [1.165, 1.54) is 13.8 Å². The van der Waals surface area contributed by atoms with Gasteiger partial charge in [-0.3, -0.25) is 9.59 Å². The maximum Gasteiger partial charge on any atom is 0.315 e. The molecular weight excluding hydrogens is 244 g/mol. The molecule has 0 aliphatic heterocycles. The van der Waals surface area contributed by atoms with Crippen LogP contribution in [-0.4, -0.2) is 17.0 Å². The molecule has 1 amide bonds. The molecule has 1 rings (SSSR count). The molecule has 0 bridgehead atoms. The lowest BCUT2D eigenvalue weighted by Crippen LogP contribution is -2.35. The van der Waals surface area contributed by atoms with Gasteiger partial charge in [0.25, 0.3) is 0 Å². The van der Waals surface area contributed by atoms with Gasteiger partial charge >= 0.3 is 5.97 Å². The first kappa shape index (κ1) is 14.1. The van der Waals surface area contributed by atoms with Gasteiger partial charge in [-0.25, -0.2) is 8.78 Å². The van der Waals surface area contributed by atoms with E-state index in [1.807, 2.05) is 0 Å². The standard InChI is InChI=1S/C12H13F2NO3/c1-6(12(17)18)11(16)15-7(2)9-5-8(13)3-4-10(9)14/h3-7H,1-2H3,(H,15,16)(H,17,18). The van der Waals surface area contributed by atoms with Gasteiger partial charge in [0.2, 0.25) is 5.91 Å². The fraction of sp³-hybridized carbons (Fsp3) is 0.333. The van der Waals surface area contributed by atoms with Crippen LogP contribution >= 0.6 is 0 Å². The molecule has 0 aromatic heterocycles. The van der Waals surface area contributed by atoms with Gasteiger partial charge < -0.3 is 10.4 Å². The maximum atomic E-state index is 13.4. The summed E-state index contributed by atoms with van der Waals surface area (Å²) >= 11 is 0. The number of rotatable bonds is 4. The van der Waals surface area contributed by atoms with E-state index in [0.717, 1.165) is 18.2 Å². The minimum atomic E-state index is -1.28. The highest BCUT2D eigenvalue weighted by Gasteiger charge is 2.23. The van der Waals surface area contributed by atoms with Gasteiger partial charge in [-0.15, -0.1) is 0 Å². The number of carboxylic acids is 1. The molecule has 6 heteroatoms. The van der Waals surface area contributed by atoms with E-state index in [4.69, 9.17) is 5.11 Å². The van der Waals surface area contributed by atoms with Gasteiger partial charge in [0.15, 0.2) is 0 Å². The lowest BCUT2D eigenvalue weighted by Gasteiger charge is -2.16. The van der Waals surface area contributed by atoms with Crippen LogP contribution < -0.4 is 5.32 Å². The van der Waals surface area contributed by atoms with Gasteiger partial charge in [-0.2, -0.15) is 0 Å². The summed E-state index contributed by atoms with van der Waals surface area (Å²) in [6.45, 7) is 2.66. The molecule has 98 valence electrons. The van der Waals surface area contributed by atoms with Crippen molar-refractivity contribution in [3.8, 4) is 0 Å². The maximum absolute atomic E-state index is 13.4. The molecule has 0 aliphatic rings. The number of carbonyl (C=O) groups excluding carboxylic acids is 1. The van der Waals surface area contributed by atoms with Gasteiger partial charge in [0.05, 0.1) is 6.04 Å². The summed E-state index contributed by atoms with van der Waals surface area (Å²) in [5.74, 6) is -4.56. The number of aliphatic carboxylic acids is 1. The first-order valence-corrected chi connectivity index (χ1v) is 5.31. The molecule has 2 unspecified atom stereocenters. The van der Waals surface area contributed by atoms with Crippen LogP contribution in [-0.2, 0) is 9.59 Å². The largest absolute Gasteiger partial charge is 0.481 e. The Morgan fingerprint density at radius 1 is 1.28 bits per heavy atom. The molecule has 1 aromatic carbocycles. The van der Waals surface area contributed by atoms with E-state index in [0.29, 0.717) is 0 Å². The Labute approximate surface area is 103 Å². The van der Waals surface area contributed by atoms with Crippen LogP contribution in [0.3, 0.4) is 0 Å². The minimum absolute atomic E-state index is 0.0269. The Balaban J connectivity index is 2.82. The van der Waals surface area contributed by atoms with E-state index < -0.39 is 35.5 Å². The third-order valence-electron chi connectivity index (χ3n) is 2.55. The summed E-state index contributed by atoms with van der Waals surface area (Å²) < 4.78 is 26.4. The molecule has 0 spiro atoms. The molecule has 2 atom stereocenters. The fourth-order valence-corrected chi connectivity index (χ4v) is 1.37. The second-order valence-electron chi connectivity index (χ2n) is 3.96. The zero-order valence-electron chi connectivity index (χ0n) is 9.91. The van der Waals surface area contributed by atoms with Crippen molar-refractivity contribution < 1.29 is 23.5 Å². The monoisotopic (exact) mass is 257 g/mol. The smallest absolute Gasteiger partial charge is 0.315 e. The molecule has 0 heterocycles. The molecule has 0 radical (unpaired) electrons. The Morgan fingerprint density at radius 2 is 1.89 bits per heavy atom. The third-order valence-corrected chi connectivity index (χ3v) is 2.55. The molecular formula is C12H13F2NO3. The summed E-state index contributed by atoms with van der Waals surface area (Å²) in [6.07, 6.45) is 0. The van der Waals surface area contributed by atoms with Crippen molar-refractivity contribution in [2.75, 3.05) is 0 Å². The van der Waals surface area contributed by atoms with E-state index in [2.05, 4.69) is 5.32 Å². The van der Waals surface area contributed by atoms with Crippen molar-refractivity contribution in [3.05, 3.63) is 35.4 Å². The number of carbonyl (C=O) groups is 2. The van der Waals surface area contributed by atoms with Crippen LogP contribution in [0.15, 0.2) is 18.2 Å². The average Bonchev–Trinajstić information content (AvgIpc) is 2.30. The molecule has 0 saturated carbocycles. The van der Waals surface area contributed by atoms with Gasteiger partial charge in [-0.05, 0) is 32.0 Å². The number of amides is 1. The number of nitrogens with one attached hydrogen (secondary N) is 1. The number of hydrogen-bond acceptors (Lipinski definition) is 2. The summed E-state index contributed by atoms with van der Waals surface area (Å²) in [7, 11) is 0. The first-order chi connectivity index (χ1) is 8.32. The molecule has 2 N–H and O–H groups in total. The van der Waals surface area contributed by atoms with Crippen LogP contribution in [0, 0.1) is 17.6 Å². The molecule has 1 aromatic rings. The summed E-state index contributed by atoms with van der Waals surface area (Å²) in [5.41, 5.74) is -0.0269. The van der Waals surface area contributed by atoms with E-state index in [-0.39, 0.29) is 5.56 Å². The highest BCUT2D eigenvalue weighted by Crippen LogP contribution is 2.18. The predicted octanol–water partition coefficient (Wildman–Crippen LogP) is 1.86. The second-order valence-corrected chi connectivity index (χ2v) is 3.96. The second kappa shape index (κ2) is 5.57. The quantitative estimate of drug-likeness (QED) is 0.809. The number of halogens is 2. The molecule has 0 fully saturated rings. The zero-order chi connectivity index (χ0) is 13.9. The highest BCUT2D eigenvalue weighted by molar-refractivity contribution is 5.96. The highest BCUT2D eigenvalue weighted by atomic mass is 19.1. The topological polar surface area (TPSA) is 66.4 Å². The van der Waals surface area contributed by atoms with Crippen molar-refractivity contribution >= 4 is 11.9 Å². The van der Waals surface area contributed by atoms with Crippen molar-refractivity contribution in [1.82, 2.24) is 5.32 Å². The van der Waals surface area contributed by atoms with Gasteiger partial charge in [0, 0.05) is 5.56 Å². The average molecular weight is 257 g/mol. The third kappa shape index (κ3) is 3.26. The summed E-state index contributed by atoms with van der Waals surface area (Å²) in [6, 6.07) is 2.07. The van der Waals surface area contributed by atoms with Crippen LogP contribution in [0.25, 0.3) is 0 Å². The number of benzene rings is 1. The molecule has 0 saturated heterocycles. The van der Waals surface area contributed by atoms with Crippen LogP contribution in [0.5, 0.6) is 0 Å². The Morgan fingerprint density at radius 3 is 2.44 bits per heavy atom. The van der Waals surface area contributed by atoms with Gasteiger partial charge in [-0.1, -0.05) is 0 Å². The Bertz CT molecular complexity index is 476. The first-order valence-electron chi connectivity index (χ1n) is 5.31. The van der Waals surface area contributed by atoms with Crippen molar-refractivity contribution in [2.24, 2.45) is 5.92 Å². The van der Waals surface area contributed by atoms with Crippen LogP contribution in [0.1, 0.15) is 25.5 Å². The van der Waals surface area contributed by atoms with Crippen LogP contribution in [0.2, 0.25) is 0 Å². The van der Waals surface area contributed by atoms with E-state index >= 15 is 0 Å². The minimum Gasteiger partial charge on any atom is -0.481 e. The van der Waals surface area contributed by atoms with Crippen molar-refractivity contribution in [3.63, 3.8) is 0 Å². The normalized spacial score (nSPS) is 13.8. The summed E-state index contributed by atoms with van der Waals surface area (Å²) in [5, 5.41) is 11.0. The molecule has 4 nitrogen and oxygen atoms in total. The van der Waals surface area contributed by atoms with E-state index in [1.54, 1.807) is 0 Å². The Kier molecular flexibility index (Phi) is 4.36. The summed E-state index contributed by atoms with van der Waals surface area (Å²) in [4.78, 5) is 22.0. The van der Waals surface area contributed by atoms with Crippen LogP contribution in [0.4, 0.5) is 8.78 Å². The lowest BCUT2D eigenvalue weighted by molar-refractivity contribution is -0.146. The molecule has 18 heavy (non-hydrogen) atoms. The van der Waals surface area contributed by atoms with Crippen molar-refractivity contribution in [2.45, 2.75) is 19.9 Å². The fourth-order valence-electron chi connectivity index (χ4n) is 1.37. The zero-order valence-corrected chi connectivity index (χ0v) is 9.91. The lowest BCUT2D eigenvalue weighted by atomic mass is 10.1. The van der Waals surface area contributed by atoms with Crippen molar-refractivity contribution in [1.29, 1.82) is 0 Å². The number of hydrogen-bond donors (Lipinski definition) is 2. The van der Waals surface area contributed by atoms with Gasteiger partial charge in [0.1, 0.15) is 17.6 Å². The SMILES string of the molecule is CC(C(=O)O)C(=O)NC(C)c1cc(F)ccc1F. The molecule has 0 aliphatic carbocycles. The Hall–Kier alpha value is -1.98.